The van der Waals surface area contributed by atoms with Crippen LogP contribution in [0.5, 0.6) is 17.2 Å². The quantitative estimate of drug-likeness (QED) is 0.799. The fourth-order valence-corrected chi connectivity index (χ4v) is 2.02. The van der Waals surface area contributed by atoms with Gasteiger partial charge in [-0.15, -0.1) is 0 Å². The summed E-state index contributed by atoms with van der Waals surface area (Å²) in [7, 11) is 0. The number of benzene rings is 2. The Balaban J connectivity index is 1.97. The zero-order valence-electron chi connectivity index (χ0n) is 11.9. The highest BCUT2D eigenvalue weighted by molar-refractivity contribution is 5.99. The average molecular weight is 286 g/mol. The summed E-state index contributed by atoms with van der Waals surface area (Å²) in [5, 5.41) is 18.8. The topological polar surface area (TPSA) is 66.8 Å². The molecule has 110 valence electrons. The van der Waals surface area contributed by atoms with Crippen molar-refractivity contribution < 1.29 is 19.7 Å². The van der Waals surface area contributed by atoms with Crippen LogP contribution in [0.15, 0.2) is 42.5 Å². The van der Waals surface area contributed by atoms with Gasteiger partial charge in [-0.1, -0.05) is 25.5 Å². The zero-order valence-corrected chi connectivity index (χ0v) is 11.9. The molecule has 0 aromatic heterocycles. The Morgan fingerprint density at radius 3 is 2.43 bits per heavy atom. The van der Waals surface area contributed by atoms with Gasteiger partial charge in [0.25, 0.3) is 0 Å². The third-order valence-corrected chi connectivity index (χ3v) is 3.11. The molecule has 0 saturated heterocycles. The van der Waals surface area contributed by atoms with E-state index in [0.717, 1.165) is 18.9 Å². The van der Waals surface area contributed by atoms with Crippen LogP contribution >= 0.6 is 0 Å². The number of aromatic hydroxyl groups is 2. The molecule has 21 heavy (non-hydrogen) atoms. The fraction of sp³-hybridized carbons (Fsp3) is 0.235. The fourth-order valence-electron chi connectivity index (χ4n) is 2.02. The number of carbonyl (C=O) groups is 1. The molecule has 0 saturated carbocycles. The van der Waals surface area contributed by atoms with Crippen molar-refractivity contribution in [3.05, 3.63) is 53.6 Å². The van der Waals surface area contributed by atoms with Crippen molar-refractivity contribution in [1.82, 2.24) is 0 Å². The number of hydrogen-bond acceptors (Lipinski definition) is 4. The van der Waals surface area contributed by atoms with E-state index in [4.69, 9.17) is 4.74 Å². The minimum Gasteiger partial charge on any atom is -0.508 e. The summed E-state index contributed by atoms with van der Waals surface area (Å²) in [4.78, 5) is 12.0. The lowest BCUT2D eigenvalue weighted by Gasteiger charge is -2.08. The number of hydrogen-bond donors (Lipinski definition) is 2. The maximum Gasteiger partial charge on any atom is 0.203 e. The maximum atomic E-state index is 12.0. The third-order valence-electron chi connectivity index (χ3n) is 3.11. The molecular formula is C17H18O4. The summed E-state index contributed by atoms with van der Waals surface area (Å²) in [6.07, 6.45) is 2.10. The molecule has 0 heterocycles. The molecule has 2 aromatic carbocycles. The Bertz CT molecular complexity index is 617. The molecule has 0 spiro atoms. The highest BCUT2D eigenvalue weighted by Crippen LogP contribution is 2.23. The second kappa shape index (κ2) is 6.79. The number of Topliss-reactive ketones (excluding diaryl/α,β-unsaturated/α-hetero) is 1. The molecule has 0 amide bonds. The number of phenols is 2. The number of ether oxygens (including phenoxy) is 1. The Morgan fingerprint density at radius 2 is 1.81 bits per heavy atom. The predicted molar refractivity (Wildman–Crippen MR) is 80.0 cm³/mol. The van der Waals surface area contributed by atoms with E-state index in [1.54, 1.807) is 0 Å². The number of phenolic OH excluding ortho intramolecular Hbond substituents is 2. The van der Waals surface area contributed by atoms with E-state index in [9.17, 15) is 15.0 Å². The monoisotopic (exact) mass is 286 g/mol. The van der Waals surface area contributed by atoms with E-state index in [-0.39, 0.29) is 29.5 Å². The van der Waals surface area contributed by atoms with Crippen molar-refractivity contribution in [2.45, 2.75) is 19.8 Å². The Kier molecular flexibility index (Phi) is 4.82. The van der Waals surface area contributed by atoms with Gasteiger partial charge < -0.3 is 14.9 Å². The van der Waals surface area contributed by atoms with E-state index in [2.05, 4.69) is 6.92 Å². The van der Waals surface area contributed by atoms with Crippen molar-refractivity contribution in [1.29, 1.82) is 0 Å². The van der Waals surface area contributed by atoms with Crippen LogP contribution in [0.25, 0.3) is 0 Å². The standard InChI is InChI=1S/C17H18O4/c1-2-3-12-4-7-14(8-5-12)21-11-17(20)15-9-6-13(18)10-16(15)19/h4-10,18-19H,2-3,11H2,1H3. The number of carbonyl (C=O) groups excluding carboxylic acids is 1. The normalized spacial score (nSPS) is 10.3. The van der Waals surface area contributed by atoms with E-state index in [0.29, 0.717) is 5.75 Å². The molecular weight excluding hydrogens is 268 g/mol. The van der Waals surface area contributed by atoms with E-state index in [1.807, 2.05) is 24.3 Å². The maximum absolute atomic E-state index is 12.0. The summed E-state index contributed by atoms with van der Waals surface area (Å²) >= 11 is 0. The lowest BCUT2D eigenvalue weighted by Crippen LogP contribution is -2.11. The lowest BCUT2D eigenvalue weighted by molar-refractivity contribution is 0.0919. The predicted octanol–water partition coefficient (Wildman–Crippen LogP) is 3.31. The summed E-state index contributed by atoms with van der Waals surface area (Å²) in [5.74, 6) is -0.0648. The molecule has 0 aliphatic rings. The van der Waals surface area contributed by atoms with Gasteiger partial charge in [-0.25, -0.2) is 0 Å². The summed E-state index contributed by atoms with van der Waals surface area (Å²) in [5.41, 5.74) is 1.36. The molecule has 2 aromatic rings. The number of rotatable bonds is 6. The van der Waals surface area contributed by atoms with Crippen molar-refractivity contribution in [3.8, 4) is 17.2 Å². The van der Waals surface area contributed by atoms with Crippen LogP contribution in [-0.4, -0.2) is 22.6 Å². The first-order valence-corrected chi connectivity index (χ1v) is 6.87. The molecule has 4 nitrogen and oxygen atoms in total. The van der Waals surface area contributed by atoms with Gasteiger partial charge in [0.15, 0.2) is 6.61 Å². The van der Waals surface area contributed by atoms with Gasteiger partial charge in [0.1, 0.15) is 17.2 Å². The second-order valence-electron chi connectivity index (χ2n) is 4.81. The van der Waals surface area contributed by atoms with Gasteiger partial charge in [0.05, 0.1) is 5.56 Å². The number of aryl methyl sites for hydroxylation is 1. The van der Waals surface area contributed by atoms with Gasteiger partial charge >= 0.3 is 0 Å². The first-order valence-electron chi connectivity index (χ1n) is 6.87. The molecule has 2 rings (SSSR count). The Hall–Kier alpha value is -2.49. The Labute approximate surface area is 123 Å². The minimum absolute atomic E-state index is 0.0866. The largest absolute Gasteiger partial charge is 0.508 e. The first kappa shape index (κ1) is 14.9. The average Bonchev–Trinajstić information content (AvgIpc) is 2.46. The van der Waals surface area contributed by atoms with Gasteiger partial charge in [-0.3, -0.25) is 4.79 Å². The second-order valence-corrected chi connectivity index (χ2v) is 4.81. The van der Waals surface area contributed by atoms with Crippen molar-refractivity contribution in [2.24, 2.45) is 0 Å². The smallest absolute Gasteiger partial charge is 0.203 e. The van der Waals surface area contributed by atoms with Gasteiger partial charge in [0, 0.05) is 6.07 Å². The summed E-state index contributed by atoms with van der Waals surface area (Å²) in [6.45, 7) is 1.96. The first-order chi connectivity index (χ1) is 10.1. The van der Waals surface area contributed by atoms with Crippen LogP contribution in [0.1, 0.15) is 29.3 Å². The molecule has 0 atom stereocenters. The molecule has 0 unspecified atom stereocenters. The summed E-state index contributed by atoms with van der Waals surface area (Å²) < 4.78 is 5.42. The van der Waals surface area contributed by atoms with Crippen molar-refractivity contribution >= 4 is 5.78 Å². The van der Waals surface area contributed by atoms with E-state index in [1.165, 1.54) is 17.7 Å². The lowest BCUT2D eigenvalue weighted by atomic mass is 10.1. The van der Waals surface area contributed by atoms with Crippen LogP contribution in [0.3, 0.4) is 0 Å². The van der Waals surface area contributed by atoms with Crippen LogP contribution in [0.4, 0.5) is 0 Å². The van der Waals surface area contributed by atoms with Gasteiger partial charge in [-0.2, -0.15) is 0 Å². The molecule has 0 aliphatic heterocycles. The van der Waals surface area contributed by atoms with Gasteiger partial charge in [0.2, 0.25) is 5.78 Å². The van der Waals surface area contributed by atoms with Crippen LogP contribution in [0.2, 0.25) is 0 Å². The molecule has 0 bridgehead atoms. The molecule has 4 heteroatoms. The summed E-state index contributed by atoms with van der Waals surface area (Å²) in [6, 6.07) is 11.5. The van der Waals surface area contributed by atoms with Crippen molar-refractivity contribution in [2.75, 3.05) is 6.61 Å². The minimum atomic E-state index is -0.342. The molecule has 0 radical (unpaired) electrons. The van der Waals surface area contributed by atoms with Crippen LogP contribution < -0.4 is 4.74 Å². The highest BCUT2D eigenvalue weighted by Gasteiger charge is 2.12. The van der Waals surface area contributed by atoms with Crippen LogP contribution in [-0.2, 0) is 6.42 Å². The SMILES string of the molecule is CCCc1ccc(OCC(=O)c2ccc(O)cc2O)cc1. The van der Waals surface area contributed by atoms with Gasteiger partial charge in [-0.05, 0) is 36.2 Å². The molecule has 0 aliphatic carbocycles. The van der Waals surface area contributed by atoms with E-state index >= 15 is 0 Å². The molecule has 2 N–H and O–H groups in total. The zero-order chi connectivity index (χ0) is 15.2. The Morgan fingerprint density at radius 1 is 1.10 bits per heavy atom. The van der Waals surface area contributed by atoms with Crippen LogP contribution in [0, 0.1) is 0 Å². The van der Waals surface area contributed by atoms with E-state index < -0.39 is 0 Å². The highest BCUT2D eigenvalue weighted by atomic mass is 16.5. The molecule has 0 fully saturated rings. The third kappa shape index (κ3) is 3.99. The van der Waals surface area contributed by atoms with Crippen molar-refractivity contribution in [3.63, 3.8) is 0 Å². The number of ketones is 1.